The monoisotopic (exact) mass is 305 g/mol. The van der Waals surface area contributed by atoms with Crippen LogP contribution in [-0.4, -0.2) is 33.4 Å². The molecule has 0 aromatic carbocycles. The lowest BCUT2D eigenvalue weighted by Gasteiger charge is -2.14. The van der Waals surface area contributed by atoms with E-state index in [0.717, 1.165) is 37.9 Å². The molecule has 3 heterocycles. The van der Waals surface area contributed by atoms with Crippen LogP contribution >= 0.6 is 11.3 Å². The van der Waals surface area contributed by atoms with Gasteiger partial charge in [-0.2, -0.15) is 0 Å². The molecule has 0 spiro atoms. The molecule has 0 bridgehead atoms. The Morgan fingerprint density at radius 1 is 1.38 bits per heavy atom. The molecule has 5 nitrogen and oxygen atoms in total. The van der Waals surface area contributed by atoms with Crippen molar-refractivity contribution in [3.8, 4) is 0 Å². The molecular weight excluding hydrogens is 286 g/mol. The fourth-order valence-electron chi connectivity index (χ4n) is 2.83. The first kappa shape index (κ1) is 14.3. The molecule has 6 heteroatoms. The number of nitrogens with zero attached hydrogens (tertiary/aromatic N) is 3. The first-order chi connectivity index (χ1) is 10.1. The van der Waals surface area contributed by atoms with Crippen molar-refractivity contribution in [2.45, 2.75) is 39.7 Å². The van der Waals surface area contributed by atoms with Crippen LogP contribution in [0.25, 0.3) is 10.2 Å². The Bertz CT molecular complexity index is 741. The summed E-state index contributed by atoms with van der Waals surface area (Å²) in [6.07, 6.45) is 4.61. The molecule has 0 radical (unpaired) electrons. The molecule has 3 rings (SSSR count). The van der Waals surface area contributed by atoms with Crippen LogP contribution in [0.2, 0.25) is 0 Å². The summed E-state index contributed by atoms with van der Waals surface area (Å²) in [5, 5.41) is 0.610. The number of likely N-dealkylation sites (tertiary alicyclic amines) is 1. The molecule has 112 valence electrons. The average molecular weight is 305 g/mol. The van der Waals surface area contributed by atoms with Crippen LogP contribution in [0.15, 0.2) is 11.1 Å². The molecule has 21 heavy (non-hydrogen) atoms. The van der Waals surface area contributed by atoms with Crippen LogP contribution in [0, 0.1) is 6.92 Å². The Hall–Kier alpha value is -1.69. The second-order valence-corrected chi connectivity index (χ2v) is 6.48. The summed E-state index contributed by atoms with van der Waals surface area (Å²) in [4.78, 5) is 32.6. The molecule has 1 aliphatic heterocycles. The molecule has 1 amide bonds. The number of rotatable bonds is 3. The van der Waals surface area contributed by atoms with Crippen LogP contribution in [0.5, 0.6) is 0 Å². The second kappa shape index (κ2) is 5.60. The fraction of sp³-hybridized carbons (Fsp3) is 0.533. The molecule has 0 saturated carbocycles. The fourth-order valence-corrected chi connectivity index (χ4v) is 3.93. The first-order valence-electron chi connectivity index (χ1n) is 7.41. The van der Waals surface area contributed by atoms with E-state index in [2.05, 4.69) is 4.98 Å². The minimum Gasteiger partial charge on any atom is -0.338 e. The van der Waals surface area contributed by atoms with Gasteiger partial charge in [0.25, 0.3) is 11.5 Å². The number of carbonyl (C=O) groups excluding carboxylic acids is 1. The van der Waals surface area contributed by atoms with Gasteiger partial charge < -0.3 is 4.90 Å². The van der Waals surface area contributed by atoms with Gasteiger partial charge in [-0.25, -0.2) is 4.98 Å². The van der Waals surface area contributed by atoms with Crippen molar-refractivity contribution >= 4 is 27.5 Å². The van der Waals surface area contributed by atoms with Crippen molar-refractivity contribution in [2.75, 3.05) is 13.1 Å². The average Bonchev–Trinajstić information content (AvgIpc) is 3.10. The number of hydrogen-bond donors (Lipinski definition) is 0. The topological polar surface area (TPSA) is 55.2 Å². The Kier molecular flexibility index (Phi) is 3.80. The van der Waals surface area contributed by atoms with Gasteiger partial charge in [-0.1, -0.05) is 6.92 Å². The van der Waals surface area contributed by atoms with Gasteiger partial charge in [0.05, 0.1) is 16.6 Å². The van der Waals surface area contributed by atoms with Crippen LogP contribution < -0.4 is 5.56 Å². The highest BCUT2D eigenvalue weighted by Gasteiger charge is 2.25. The highest BCUT2D eigenvalue weighted by Crippen LogP contribution is 2.28. The van der Waals surface area contributed by atoms with Gasteiger partial charge in [-0.05, 0) is 31.7 Å². The van der Waals surface area contributed by atoms with Crippen LogP contribution in [0.3, 0.4) is 0 Å². The third kappa shape index (κ3) is 2.37. The summed E-state index contributed by atoms with van der Waals surface area (Å²) in [6.45, 7) is 6.19. The zero-order valence-electron chi connectivity index (χ0n) is 12.4. The number of fused-ring (bicyclic) bond motifs is 1. The maximum Gasteiger partial charge on any atom is 0.264 e. The Balaban J connectivity index is 2.09. The van der Waals surface area contributed by atoms with Crippen molar-refractivity contribution in [2.24, 2.45) is 0 Å². The van der Waals surface area contributed by atoms with Crippen molar-refractivity contribution in [1.82, 2.24) is 14.5 Å². The molecule has 2 aromatic heterocycles. The SMILES string of the molecule is CCCn1cnc2sc(C(=O)N3CCCC3)c(C)c2c1=O. The molecule has 1 aliphatic rings. The van der Waals surface area contributed by atoms with Gasteiger partial charge in [0.2, 0.25) is 0 Å². The minimum absolute atomic E-state index is 0.0314. The lowest BCUT2D eigenvalue weighted by Crippen LogP contribution is -2.27. The van der Waals surface area contributed by atoms with Crippen LogP contribution in [0.4, 0.5) is 0 Å². The van der Waals surface area contributed by atoms with E-state index in [0.29, 0.717) is 21.6 Å². The predicted octanol–water partition coefficient (Wildman–Crippen LogP) is 2.41. The van der Waals surface area contributed by atoms with E-state index in [-0.39, 0.29) is 11.5 Å². The maximum atomic E-state index is 12.6. The lowest BCUT2D eigenvalue weighted by atomic mass is 10.2. The van der Waals surface area contributed by atoms with Gasteiger partial charge in [0, 0.05) is 19.6 Å². The zero-order valence-corrected chi connectivity index (χ0v) is 13.2. The highest BCUT2D eigenvalue weighted by molar-refractivity contribution is 7.20. The standard InChI is InChI=1S/C15H19N3O2S/c1-3-6-18-9-16-13-11(14(18)19)10(2)12(21-13)15(20)17-7-4-5-8-17/h9H,3-8H2,1-2H3. The Labute approximate surface area is 127 Å². The third-order valence-electron chi connectivity index (χ3n) is 3.97. The zero-order chi connectivity index (χ0) is 15.0. The summed E-state index contributed by atoms with van der Waals surface area (Å²) >= 11 is 1.34. The van der Waals surface area contributed by atoms with Crippen molar-refractivity contribution in [3.63, 3.8) is 0 Å². The lowest BCUT2D eigenvalue weighted by molar-refractivity contribution is 0.0797. The first-order valence-corrected chi connectivity index (χ1v) is 8.23. The summed E-state index contributed by atoms with van der Waals surface area (Å²) in [5.41, 5.74) is 0.755. The van der Waals surface area contributed by atoms with Crippen molar-refractivity contribution in [3.05, 3.63) is 27.1 Å². The maximum absolute atomic E-state index is 12.6. The number of thiophene rings is 1. The molecule has 0 unspecified atom stereocenters. The summed E-state index contributed by atoms with van der Waals surface area (Å²) in [7, 11) is 0. The molecule has 1 saturated heterocycles. The Morgan fingerprint density at radius 2 is 2.10 bits per heavy atom. The van der Waals surface area contributed by atoms with Gasteiger partial charge >= 0.3 is 0 Å². The summed E-state index contributed by atoms with van der Waals surface area (Å²) < 4.78 is 1.63. The van der Waals surface area contributed by atoms with E-state index in [1.54, 1.807) is 10.9 Å². The van der Waals surface area contributed by atoms with E-state index in [4.69, 9.17) is 0 Å². The van der Waals surface area contributed by atoms with Gasteiger partial charge in [0.15, 0.2) is 0 Å². The summed E-state index contributed by atoms with van der Waals surface area (Å²) in [5.74, 6) is 0.0504. The van der Waals surface area contributed by atoms with Gasteiger partial charge in [0.1, 0.15) is 4.83 Å². The van der Waals surface area contributed by atoms with E-state index in [9.17, 15) is 9.59 Å². The number of aryl methyl sites for hydroxylation is 2. The number of aromatic nitrogens is 2. The minimum atomic E-state index is -0.0314. The van der Waals surface area contributed by atoms with Gasteiger partial charge in [-0.3, -0.25) is 14.2 Å². The Morgan fingerprint density at radius 3 is 2.76 bits per heavy atom. The van der Waals surface area contributed by atoms with Crippen LogP contribution in [0.1, 0.15) is 41.4 Å². The molecule has 0 N–H and O–H groups in total. The second-order valence-electron chi connectivity index (χ2n) is 5.48. The smallest absolute Gasteiger partial charge is 0.264 e. The van der Waals surface area contributed by atoms with Crippen molar-refractivity contribution < 1.29 is 4.79 Å². The normalized spacial score (nSPS) is 15.0. The summed E-state index contributed by atoms with van der Waals surface area (Å²) in [6, 6.07) is 0. The number of hydrogen-bond acceptors (Lipinski definition) is 4. The highest BCUT2D eigenvalue weighted by atomic mass is 32.1. The largest absolute Gasteiger partial charge is 0.338 e. The van der Waals surface area contributed by atoms with E-state index >= 15 is 0 Å². The number of carbonyl (C=O) groups is 1. The number of amides is 1. The van der Waals surface area contributed by atoms with Crippen molar-refractivity contribution in [1.29, 1.82) is 0 Å². The molecule has 2 aromatic rings. The predicted molar refractivity (Wildman–Crippen MR) is 84.0 cm³/mol. The molecule has 1 fully saturated rings. The van der Waals surface area contributed by atoms with Gasteiger partial charge in [-0.15, -0.1) is 11.3 Å². The molecular formula is C15H19N3O2S. The van der Waals surface area contributed by atoms with E-state index in [1.807, 2.05) is 18.7 Å². The molecule has 0 aliphatic carbocycles. The van der Waals surface area contributed by atoms with Crippen LogP contribution in [-0.2, 0) is 6.54 Å². The van der Waals surface area contributed by atoms with E-state index in [1.165, 1.54) is 11.3 Å². The molecule has 0 atom stereocenters. The quantitative estimate of drug-likeness (QED) is 0.875. The third-order valence-corrected chi connectivity index (χ3v) is 5.16. The van der Waals surface area contributed by atoms with E-state index < -0.39 is 0 Å².